The molecule has 0 bridgehead atoms. The standard InChI is InChI=1S/C15H17FN4/c1-11-10-14(20-8-6-17-7-9-20)19-15(18-11)12-4-2-3-5-13(12)16/h2-5,10,17H,6-9H2,1H3. The molecule has 0 amide bonds. The Bertz CT molecular complexity index is 609. The molecule has 1 aliphatic heterocycles. The third-order valence-electron chi connectivity index (χ3n) is 3.40. The molecular weight excluding hydrogens is 255 g/mol. The smallest absolute Gasteiger partial charge is 0.164 e. The van der Waals surface area contributed by atoms with Crippen LogP contribution in [0.15, 0.2) is 30.3 Å². The third-order valence-corrected chi connectivity index (χ3v) is 3.40. The van der Waals surface area contributed by atoms with Crippen LogP contribution in [0.1, 0.15) is 5.69 Å². The van der Waals surface area contributed by atoms with Crippen molar-refractivity contribution >= 4 is 5.82 Å². The summed E-state index contributed by atoms with van der Waals surface area (Å²) in [4.78, 5) is 11.1. The van der Waals surface area contributed by atoms with Crippen LogP contribution in [0.4, 0.5) is 10.2 Å². The Morgan fingerprint density at radius 1 is 1.15 bits per heavy atom. The highest BCUT2D eigenvalue weighted by Crippen LogP contribution is 2.22. The molecule has 104 valence electrons. The monoisotopic (exact) mass is 272 g/mol. The molecule has 5 heteroatoms. The van der Waals surface area contributed by atoms with Gasteiger partial charge in [0.15, 0.2) is 5.82 Å². The molecule has 20 heavy (non-hydrogen) atoms. The lowest BCUT2D eigenvalue weighted by molar-refractivity contribution is 0.584. The second-order valence-corrected chi connectivity index (χ2v) is 4.91. The molecule has 0 saturated carbocycles. The summed E-state index contributed by atoms with van der Waals surface area (Å²) in [7, 11) is 0. The third kappa shape index (κ3) is 2.63. The number of aryl methyl sites for hydroxylation is 1. The van der Waals surface area contributed by atoms with Gasteiger partial charge in [0.05, 0.1) is 5.56 Å². The zero-order valence-electron chi connectivity index (χ0n) is 11.4. The van der Waals surface area contributed by atoms with Crippen LogP contribution in [0, 0.1) is 12.7 Å². The maximum atomic E-state index is 13.9. The first-order valence-electron chi connectivity index (χ1n) is 6.80. The number of halogens is 1. The van der Waals surface area contributed by atoms with Crippen LogP contribution in [-0.2, 0) is 0 Å². The molecule has 0 atom stereocenters. The number of rotatable bonds is 2. The van der Waals surface area contributed by atoms with E-state index in [2.05, 4.69) is 20.2 Å². The van der Waals surface area contributed by atoms with Crippen molar-refractivity contribution < 1.29 is 4.39 Å². The molecule has 1 aromatic carbocycles. The molecule has 1 aliphatic rings. The largest absolute Gasteiger partial charge is 0.354 e. The number of benzene rings is 1. The first-order chi connectivity index (χ1) is 9.74. The minimum atomic E-state index is -0.288. The highest BCUT2D eigenvalue weighted by Gasteiger charge is 2.15. The Morgan fingerprint density at radius 3 is 2.65 bits per heavy atom. The summed E-state index contributed by atoms with van der Waals surface area (Å²) in [5.41, 5.74) is 1.30. The summed E-state index contributed by atoms with van der Waals surface area (Å²) in [6.45, 7) is 5.62. The molecule has 3 rings (SSSR count). The van der Waals surface area contributed by atoms with Gasteiger partial charge in [-0.2, -0.15) is 0 Å². The number of piperazine rings is 1. The van der Waals surface area contributed by atoms with Crippen molar-refractivity contribution in [2.45, 2.75) is 6.92 Å². The Kier molecular flexibility index (Phi) is 3.60. The molecule has 2 heterocycles. The highest BCUT2D eigenvalue weighted by molar-refractivity contribution is 5.58. The first kappa shape index (κ1) is 13.0. The van der Waals surface area contributed by atoms with E-state index in [4.69, 9.17) is 0 Å². The van der Waals surface area contributed by atoms with Gasteiger partial charge in [0.1, 0.15) is 11.6 Å². The van der Waals surface area contributed by atoms with E-state index in [-0.39, 0.29) is 5.82 Å². The normalized spacial score (nSPS) is 15.4. The minimum absolute atomic E-state index is 0.288. The summed E-state index contributed by atoms with van der Waals surface area (Å²) in [6.07, 6.45) is 0. The van der Waals surface area contributed by atoms with Crippen LogP contribution in [0.2, 0.25) is 0 Å². The van der Waals surface area contributed by atoms with E-state index in [9.17, 15) is 4.39 Å². The average molecular weight is 272 g/mol. The quantitative estimate of drug-likeness (QED) is 0.908. The lowest BCUT2D eigenvalue weighted by Gasteiger charge is -2.28. The van der Waals surface area contributed by atoms with E-state index >= 15 is 0 Å². The number of anilines is 1. The topological polar surface area (TPSA) is 41.0 Å². The second-order valence-electron chi connectivity index (χ2n) is 4.91. The summed E-state index contributed by atoms with van der Waals surface area (Å²) >= 11 is 0. The number of nitrogens with one attached hydrogen (secondary N) is 1. The van der Waals surface area contributed by atoms with Gasteiger partial charge in [-0.1, -0.05) is 12.1 Å². The molecule has 1 aromatic heterocycles. The Hall–Kier alpha value is -2.01. The molecule has 0 radical (unpaired) electrons. The molecule has 1 saturated heterocycles. The van der Waals surface area contributed by atoms with Gasteiger partial charge in [-0.25, -0.2) is 14.4 Å². The van der Waals surface area contributed by atoms with Crippen LogP contribution in [0.5, 0.6) is 0 Å². The first-order valence-corrected chi connectivity index (χ1v) is 6.80. The van der Waals surface area contributed by atoms with Crippen LogP contribution in [-0.4, -0.2) is 36.1 Å². The lowest BCUT2D eigenvalue weighted by atomic mass is 10.2. The van der Waals surface area contributed by atoms with Gasteiger partial charge in [0.25, 0.3) is 0 Å². The van der Waals surface area contributed by atoms with Crippen molar-refractivity contribution in [2.75, 3.05) is 31.1 Å². The van der Waals surface area contributed by atoms with Crippen LogP contribution >= 0.6 is 0 Å². The van der Waals surface area contributed by atoms with Gasteiger partial charge in [-0.15, -0.1) is 0 Å². The maximum Gasteiger partial charge on any atom is 0.164 e. The summed E-state index contributed by atoms with van der Waals surface area (Å²) in [5.74, 6) is 1.04. The van der Waals surface area contributed by atoms with E-state index in [1.807, 2.05) is 13.0 Å². The van der Waals surface area contributed by atoms with Crippen molar-refractivity contribution in [3.8, 4) is 11.4 Å². The fourth-order valence-electron chi connectivity index (χ4n) is 2.37. The average Bonchev–Trinajstić information content (AvgIpc) is 2.48. The predicted molar refractivity (Wildman–Crippen MR) is 77.2 cm³/mol. The summed E-state index contributed by atoms with van der Waals surface area (Å²) in [6, 6.07) is 8.58. The van der Waals surface area contributed by atoms with E-state index in [1.165, 1.54) is 6.07 Å². The maximum absolute atomic E-state index is 13.9. The van der Waals surface area contributed by atoms with Crippen LogP contribution in [0.3, 0.4) is 0 Å². The van der Waals surface area contributed by atoms with Gasteiger partial charge in [0.2, 0.25) is 0 Å². The van der Waals surface area contributed by atoms with Gasteiger partial charge < -0.3 is 10.2 Å². The molecule has 0 unspecified atom stereocenters. The Morgan fingerprint density at radius 2 is 1.90 bits per heavy atom. The fraction of sp³-hybridized carbons (Fsp3) is 0.333. The molecular formula is C15H17FN4. The van der Waals surface area contributed by atoms with Crippen molar-refractivity contribution in [3.05, 3.63) is 41.8 Å². The lowest BCUT2D eigenvalue weighted by Crippen LogP contribution is -2.44. The summed E-state index contributed by atoms with van der Waals surface area (Å²) < 4.78 is 13.9. The zero-order valence-corrected chi connectivity index (χ0v) is 11.4. The van der Waals surface area contributed by atoms with Crippen LogP contribution < -0.4 is 10.2 Å². The van der Waals surface area contributed by atoms with E-state index < -0.39 is 0 Å². The number of aromatic nitrogens is 2. The highest BCUT2D eigenvalue weighted by atomic mass is 19.1. The van der Waals surface area contributed by atoms with Gasteiger partial charge in [-0.3, -0.25) is 0 Å². The van der Waals surface area contributed by atoms with Crippen molar-refractivity contribution in [2.24, 2.45) is 0 Å². The molecule has 4 nitrogen and oxygen atoms in total. The van der Waals surface area contributed by atoms with E-state index in [0.29, 0.717) is 11.4 Å². The van der Waals surface area contributed by atoms with E-state index in [0.717, 1.165) is 37.7 Å². The van der Waals surface area contributed by atoms with Gasteiger partial charge in [0, 0.05) is 37.9 Å². The van der Waals surface area contributed by atoms with Gasteiger partial charge >= 0.3 is 0 Å². The molecule has 0 aliphatic carbocycles. The van der Waals surface area contributed by atoms with Crippen molar-refractivity contribution in [1.29, 1.82) is 0 Å². The molecule has 0 spiro atoms. The SMILES string of the molecule is Cc1cc(N2CCNCC2)nc(-c2ccccc2F)n1. The van der Waals surface area contributed by atoms with Crippen molar-refractivity contribution in [1.82, 2.24) is 15.3 Å². The Labute approximate surface area is 117 Å². The number of nitrogens with zero attached hydrogens (tertiary/aromatic N) is 3. The van der Waals surface area contributed by atoms with Crippen LogP contribution in [0.25, 0.3) is 11.4 Å². The predicted octanol–water partition coefficient (Wildman–Crippen LogP) is 2.00. The molecule has 1 fully saturated rings. The number of hydrogen-bond acceptors (Lipinski definition) is 4. The molecule has 2 aromatic rings. The van der Waals surface area contributed by atoms with Gasteiger partial charge in [-0.05, 0) is 19.1 Å². The minimum Gasteiger partial charge on any atom is -0.354 e. The Balaban J connectivity index is 2.00. The molecule has 1 N–H and O–H groups in total. The number of hydrogen-bond donors (Lipinski definition) is 1. The van der Waals surface area contributed by atoms with Crippen molar-refractivity contribution in [3.63, 3.8) is 0 Å². The zero-order chi connectivity index (χ0) is 13.9. The second kappa shape index (κ2) is 5.54. The fourth-order valence-corrected chi connectivity index (χ4v) is 2.37. The van der Waals surface area contributed by atoms with E-state index in [1.54, 1.807) is 18.2 Å². The summed E-state index contributed by atoms with van der Waals surface area (Å²) in [5, 5.41) is 3.31.